The van der Waals surface area contributed by atoms with Gasteiger partial charge in [-0.05, 0) is 30.1 Å². The van der Waals surface area contributed by atoms with E-state index in [2.05, 4.69) is 51.7 Å². The smallest absolute Gasteiger partial charge is 0.226 e. The van der Waals surface area contributed by atoms with Gasteiger partial charge in [-0.1, -0.05) is 11.6 Å². The first-order chi connectivity index (χ1) is 13.5. The number of imidazole rings is 2. The van der Waals surface area contributed by atoms with Crippen LogP contribution in [0.15, 0.2) is 12.7 Å². The van der Waals surface area contributed by atoms with E-state index in [0.29, 0.717) is 30.0 Å². The maximum absolute atomic E-state index is 5.91. The van der Waals surface area contributed by atoms with Gasteiger partial charge in [0.1, 0.15) is 11.0 Å². The van der Waals surface area contributed by atoms with Gasteiger partial charge < -0.3 is 19.6 Å². The van der Waals surface area contributed by atoms with E-state index >= 15 is 0 Å². The highest BCUT2D eigenvalue weighted by Crippen LogP contribution is 2.25. The fourth-order valence-corrected chi connectivity index (χ4v) is 3.40. The summed E-state index contributed by atoms with van der Waals surface area (Å²) in [5, 5.41) is 0.616. The molecule has 28 heavy (non-hydrogen) atoms. The molecule has 146 valence electrons. The Kier molecular flexibility index (Phi) is 5.44. The van der Waals surface area contributed by atoms with Crippen molar-refractivity contribution in [1.82, 2.24) is 39.9 Å². The van der Waals surface area contributed by atoms with Crippen molar-refractivity contribution in [2.75, 3.05) is 24.7 Å². The Bertz CT molecular complexity index is 1110. The van der Waals surface area contributed by atoms with Gasteiger partial charge in [-0.2, -0.15) is 15.0 Å². The fourth-order valence-electron chi connectivity index (χ4n) is 2.81. The maximum atomic E-state index is 5.91. The van der Waals surface area contributed by atoms with Crippen LogP contribution in [0.4, 0.5) is 5.82 Å². The predicted molar refractivity (Wildman–Crippen MR) is 106 cm³/mol. The van der Waals surface area contributed by atoms with Crippen molar-refractivity contribution in [2.45, 2.75) is 13.0 Å². The monoisotopic (exact) mass is 441 g/mol. The Balaban J connectivity index is 0.000000151. The molecule has 5 heterocycles. The Morgan fingerprint density at radius 3 is 2.32 bits per heavy atom. The first-order valence-corrected chi connectivity index (χ1v) is 9.39. The van der Waals surface area contributed by atoms with Crippen molar-refractivity contribution in [3.63, 3.8) is 0 Å². The topological polar surface area (TPSA) is 121 Å². The van der Waals surface area contributed by atoms with Gasteiger partial charge in [-0.3, -0.25) is 0 Å². The molecule has 0 spiro atoms. The lowest BCUT2D eigenvalue weighted by Gasteiger charge is -2.34. The summed E-state index contributed by atoms with van der Waals surface area (Å²) in [5.41, 5.74) is 2.51. The second-order valence-corrected chi connectivity index (χ2v) is 6.95. The third-order valence-electron chi connectivity index (χ3n) is 4.09. The molecule has 0 aromatic carbocycles. The van der Waals surface area contributed by atoms with Crippen molar-refractivity contribution in [1.29, 1.82) is 0 Å². The first-order valence-electron chi connectivity index (χ1n) is 8.26. The molecule has 4 aromatic rings. The van der Waals surface area contributed by atoms with Gasteiger partial charge in [0.05, 0.1) is 31.9 Å². The van der Waals surface area contributed by atoms with E-state index in [0.717, 1.165) is 17.9 Å². The molecule has 1 saturated heterocycles. The maximum Gasteiger partial charge on any atom is 0.226 e. The number of anilines is 1. The van der Waals surface area contributed by atoms with E-state index < -0.39 is 0 Å². The van der Waals surface area contributed by atoms with Crippen LogP contribution in [-0.2, 0) is 4.74 Å². The largest absolute Gasteiger partial charge is 0.377 e. The van der Waals surface area contributed by atoms with Crippen molar-refractivity contribution in [3.8, 4) is 0 Å². The van der Waals surface area contributed by atoms with Gasteiger partial charge in [0, 0.05) is 6.54 Å². The van der Waals surface area contributed by atoms with Crippen molar-refractivity contribution in [2.24, 2.45) is 0 Å². The minimum Gasteiger partial charge on any atom is -0.377 e. The second-order valence-electron chi connectivity index (χ2n) is 5.92. The summed E-state index contributed by atoms with van der Waals surface area (Å²) in [7, 11) is 0. The highest BCUT2D eigenvalue weighted by molar-refractivity contribution is 6.35. The summed E-state index contributed by atoms with van der Waals surface area (Å²) in [4.78, 5) is 31.9. The average Bonchev–Trinajstić information content (AvgIpc) is 3.31. The van der Waals surface area contributed by atoms with E-state index in [1.807, 2.05) is 0 Å². The quantitative estimate of drug-likeness (QED) is 0.341. The number of hydrogen-bond donors (Lipinski definition) is 2. The molecule has 5 rings (SSSR count). The van der Waals surface area contributed by atoms with Crippen LogP contribution in [0.1, 0.15) is 6.92 Å². The minimum atomic E-state index is 0.106. The second kappa shape index (κ2) is 8.00. The zero-order valence-corrected chi connectivity index (χ0v) is 16.8. The average molecular weight is 443 g/mol. The summed E-state index contributed by atoms with van der Waals surface area (Å²) < 4.78 is 5.41. The molecule has 0 amide bonds. The van der Waals surface area contributed by atoms with Crippen LogP contribution >= 0.6 is 34.8 Å². The van der Waals surface area contributed by atoms with E-state index in [1.165, 1.54) is 6.33 Å². The fraction of sp³-hybridized carbons (Fsp3) is 0.333. The third kappa shape index (κ3) is 3.81. The van der Waals surface area contributed by atoms with Gasteiger partial charge in [0.15, 0.2) is 22.3 Å². The number of nitrogens with one attached hydrogen (secondary N) is 2. The lowest BCUT2D eigenvalue weighted by Crippen LogP contribution is -2.44. The molecule has 0 saturated carbocycles. The number of hydrogen-bond acceptors (Lipinski definition) is 8. The Labute approximate surface area is 173 Å². The van der Waals surface area contributed by atoms with Gasteiger partial charge in [0.2, 0.25) is 10.6 Å². The van der Waals surface area contributed by atoms with Crippen LogP contribution in [0.5, 0.6) is 0 Å². The molecule has 1 aliphatic rings. The predicted octanol–water partition coefficient (Wildman–Crippen LogP) is 2.89. The molecule has 0 bridgehead atoms. The van der Waals surface area contributed by atoms with Crippen LogP contribution in [-0.4, -0.2) is 65.7 Å². The molecule has 10 nitrogen and oxygen atoms in total. The van der Waals surface area contributed by atoms with Gasteiger partial charge >= 0.3 is 0 Å². The minimum absolute atomic E-state index is 0.106. The van der Waals surface area contributed by atoms with Crippen LogP contribution in [0.3, 0.4) is 0 Å². The van der Waals surface area contributed by atoms with E-state index in [9.17, 15) is 0 Å². The van der Waals surface area contributed by atoms with Crippen LogP contribution in [0, 0.1) is 0 Å². The van der Waals surface area contributed by atoms with Crippen LogP contribution in [0.25, 0.3) is 22.3 Å². The molecule has 1 atom stereocenters. The van der Waals surface area contributed by atoms with E-state index in [1.54, 1.807) is 6.33 Å². The Morgan fingerprint density at radius 1 is 0.964 bits per heavy atom. The van der Waals surface area contributed by atoms with Crippen LogP contribution in [0.2, 0.25) is 15.7 Å². The molecule has 13 heteroatoms. The number of rotatable bonds is 1. The lowest BCUT2D eigenvalue weighted by atomic mass is 10.2. The molecule has 0 aliphatic carbocycles. The Morgan fingerprint density at radius 2 is 1.61 bits per heavy atom. The van der Waals surface area contributed by atoms with E-state index in [-0.39, 0.29) is 21.8 Å². The highest BCUT2D eigenvalue weighted by Gasteiger charge is 2.23. The molecule has 0 radical (unpaired) electrons. The van der Waals surface area contributed by atoms with Crippen molar-refractivity contribution in [3.05, 3.63) is 28.4 Å². The zero-order valence-electron chi connectivity index (χ0n) is 14.5. The lowest BCUT2D eigenvalue weighted by molar-refractivity contribution is 0.0986. The van der Waals surface area contributed by atoms with Crippen molar-refractivity contribution < 1.29 is 4.74 Å². The number of morpholine rings is 1. The highest BCUT2D eigenvalue weighted by atomic mass is 35.5. The molecule has 0 unspecified atom stereocenters. The van der Waals surface area contributed by atoms with Gasteiger partial charge in [0.25, 0.3) is 0 Å². The molecule has 1 fully saturated rings. The normalized spacial score (nSPS) is 17.0. The third-order valence-corrected chi connectivity index (χ3v) is 4.70. The summed E-state index contributed by atoms with van der Waals surface area (Å²) in [6.07, 6.45) is 3.09. The molecular weight excluding hydrogens is 429 g/mol. The number of nitrogens with zero attached hydrogens (tertiary/aromatic N) is 7. The summed E-state index contributed by atoms with van der Waals surface area (Å²) >= 11 is 17.1. The summed E-state index contributed by atoms with van der Waals surface area (Å²) in [6.45, 7) is 4.28. The number of fused-ring (bicyclic) bond motifs is 2. The number of H-pyrrole nitrogens is 2. The SMILES string of the molecule is C[C@H]1COCCN1c1nc(Cl)nc2nc[nH]c12.Clc1nc(Cl)c2[nH]cnc2n1. The number of ether oxygens (including phenoxy) is 1. The van der Waals surface area contributed by atoms with E-state index in [4.69, 9.17) is 39.5 Å². The summed E-state index contributed by atoms with van der Waals surface area (Å²) in [6, 6.07) is 0.265. The van der Waals surface area contributed by atoms with Crippen molar-refractivity contribution >= 4 is 62.9 Å². The molecule has 2 N–H and O–H groups in total. The van der Waals surface area contributed by atoms with Crippen LogP contribution < -0.4 is 4.90 Å². The number of aromatic nitrogens is 8. The van der Waals surface area contributed by atoms with Gasteiger partial charge in [-0.25, -0.2) is 15.0 Å². The molecule has 4 aromatic heterocycles. The standard InChI is InChI=1S/C10H12ClN5O.C5H2Cl2N4/c1-6-4-17-3-2-16(6)9-7-8(13-5-12-7)14-10(11)15-9;6-3-2-4(9-1-8-2)11-5(7)10-3/h5-6H,2-4H2,1H3,(H,12,13,14,15);1H,(H,8,9,10,11)/t6-;/m0./s1. The Hall–Kier alpha value is -2.27. The molecule has 1 aliphatic heterocycles. The summed E-state index contributed by atoms with van der Waals surface area (Å²) in [5.74, 6) is 0.799. The number of aromatic amines is 2. The van der Waals surface area contributed by atoms with Gasteiger partial charge in [-0.15, -0.1) is 0 Å². The molecular formula is C15H14Cl3N9O. The first kappa shape index (κ1) is 19.1. The zero-order chi connectivity index (χ0) is 19.7. The number of halogens is 3.